The van der Waals surface area contributed by atoms with Gasteiger partial charge in [-0.3, -0.25) is 0 Å². The summed E-state index contributed by atoms with van der Waals surface area (Å²) in [6, 6.07) is 7.61. The molecular weight excluding hydrogens is 188 g/mol. The first kappa shape index (κ1) is 12.1. The van der Waals surface area contributed by atoms with Crippen LogP contribution in [0.3, 0.4) is 0 Å². The van der Waals surface area contributed by atoms with E-state index in [2.05, 4.69) is 13.8 Å². The van der Waals surface area contributed by atoms with Crippen LogP contribution in [-0.2, 0) is 0 Å². The average Bonchev–Trinajstić information content (AvgIpc) is 2.29. The van der Waals surface area contributed by atoms with E-state index in [0.29, 0.717) is 5.92 Å². The number of rotatable bonds is 5. The van der Waals surface area contributed by atoms with E-state index in [1.54, 1.807) is 7.11 Å². The van der Waals surface area contributed by atoms with Gasteiger partial charge in [-0.05, 0) is 30.0 Å². The SMILES string of the molecule is CCC(C)CC(O)c1ccc(OC)cc1. The van der Waals surface area contributed by atoms with E-state index < -0.39 is 0 Å². The third-order valence-electron chi connectivity index (χ3n) is 2.82. The summed E-state index contributed by atoms with van der Waals surface area (Å²) in [5.74, 6) is 1.39. The fourth-order valence-electron chi connectivity index (χ4n) is 1.51. The molecule has 0 spiro atoms. The molecule has 0 saturated carbocycles. The second-order valence-corrected chi connectivity index (χ2v) is 4.04. The van der Waals surface area contributed by atoms with Gasteiger partial charge in [0.2, 0.25) is 0 Å². The second-order valence-electron chi connectivity index (χ2n) is 4.04. The molecule has 1 aromatic rings. The minimum atomic E-state index is -0.356. The predicted molar refractivity (Wildman–Crippen MR) is 62.0 cm³/mol. The van der Waals surface area contributed by atoms with Gasteiger partial charge in [0.05, 0.1) is 13.2 Å². The largest absolute Gasteiger partial charge is 0.497 e. The van der Waals surface area contributed by atoms with Gasteiger partial charge in [-0.25, -0.2) is 0 Å². The monoisotopic (exact) mass is 208 g/mol. The van der Waals surface area contributed by atoms with Crippen LogP contribution in [0.5, 0.6) is 5.75 Å². The molecule has 0 radical (unpaired) electrons. The molecule has 0 fully saturated rings. The van der Waals surface area contributed by atoms with Gasteiger partial charge in [0.25, 0.3) is 0 Å². The van der Waals surface area contributed by atoms with Crippen molar-refractivity contribution < 1.29 is 9.84 Å². The molecule has 0 aliphatic carbocycles. The molecule has 0 aliphatic heterocycles. The van der Waals surface area contributed by atoms with E-state index >= 15 is 0 Å². The molecule has 2 atom stereocenters. The molecule has 2 nitrogen and oxygen atoms in total. The first-order valence-electron chi connectivity index (χ1n) is 5.49. The summed E-state index contributed by atoms with van der Waals surface area (Å²) < 4.78 is 5.07. The summed E-state index contributed by atoms with van der Waals surface area (Å²) >= 11 is 0. The number of methoxy groups -OCH3 is 1. The summed E-state index contributed by atoms with van der Waals surface area (Å²) in [5.41, 5.74) is 0.969. The third-order valence-corrected chi connectivity index (χ3v) is 2.82. The van der Waals surface area contributed by atoms with Crippen molar-refractivity contribution in [3.8, 4) is 5.75 Å². The summed E-state index contributed by atoms with van der Waals surface area (Å²) in [6.45, 7) is 4.30. The molecular formula is C13H20O2. The van der Waals surface area contributed by atoms with Crippen LogP contribution in [0.15, 0.2) is 24.3 Å². The number of aliphatic hydroxyl groups excluding tert-OH is 1. The minimum absolute atomic E-state index is 0.356. The highest BCUT2D eigenvalue weighted by Gasteiger charge is 2.10. The van der Waals surface area contributed by atoms with Crippen LogP contribution in [0.1, 0.15) is 38.4 Å². The molecule has 0 amide bonds. The van der Waals surface area contributed by atoms with Crippen LogP contribution >= 0.6 is 0 Å². The quantitative estimate of drug-likeness (QED) is 0.805. The lowest BCUT2D eigenvalue weighted by atomic mass is 9.96. The standard InChI is InChI=1S/C13H20O2/c1-4-10(2)9-13(14)11-5-7-12(15-3)8-6-11/h5-8,10,13-14H,4,9H2,1-3H3. The first-order chi connectivity index (χ1) is 7.17. The second kappa shape index (κ2) is 5.76. The van der Waals surface area contributed by atoms with Crippen LogP contribution in [0.2, 0.25) is 0 Å². The van der Waals surface area contributed by atoms with Gasteiger partial charge in [0.1, 0.15) is 5.75 Å². The van der Waals surface area contributed by atoms with Gasteiger partial charge in [-0.2, -0.15) is 0 Å². The maximum absolute atomic E-state index is 9.94. The fourth-order valence-corrected chi connectivity index (χ4v) is 1.51. The number of aliphatic hydroxyl groups is 1. The summed E-state index contributed by atoms with van der Waals surface area (Å²) in [4.78, 5) is 0. The Morgan fingerprint density at radius 1 is 1.27 bits per heavy atom. The van der Waals surface area contributed by atoms with E-state index in [9.17, 15) is 5.11 Å². The van der Waals surface area contributed by atoms with Gasteiger partial charge in [0, 0.05) is 0 Å². The third kappa shape index (κ3) is 3.56. The molecule has 0 aromatic heterocycles. The molecule has 2 unspecified atom stereocenters. The number of hydrogen-bond donors (Lipinski definition) is 1. The van der Waals surface area contributed by atoms with Crippen LogP contribution in [0, 0.1) is 5.92 Å². The number of ether oxygens (including phenoxy) is 1. The highest BCUT2D eigenvalue weighted by atomic mass is 16.5. The lowest BCUT2D eigenvalue weighted by Gasteiger charge is -2.15. The Hall–Kier alpha value is -1.02. The summed E-state index contributed by atoms with van der Waals surface area (Å²) in [7, 11) is 1.64. The molecule has 0 bridgehead atoms. The molecule has 84 valence electrons. The Morgan fingerprint density at radius 2 is 1.87 bits per heavy atom. The van der Waals surface area contributed by atoms with Crippen LogP contribution < -0.4 is 4.74 Å². The van der Waals surface area contributed by atoms with Gasteiger partial charge in [0.15, 0.2) is 0 Å². The van der Waals surface area contributed by atoms with Crippen LogP contribution in [-0.4, -0.2) is 12.2 Å². The lowest BCUT2D eigenvalue weighted by molar-refractivity contribution is 0.146. The van der Waals surface area contributed by atoms with E-state index in [1.165, 1.54) is 0 Å². The normalized spacial score (nSPS) is 14.7. The van der Waals surface area contributed by atoms with Gasteiger partial charge in [-0.1, -0.05) is 32.4 Å². The fraction of sp³-hybridized carbons (Fsp3) is 0.538. The Balaban J connectivity index is 2.61. The van der Waals surface area contributed by atoms with Crippen molar-refractivity contribution in [2.75, 3.05) is 7.11 Å². The zero-order valence-electron chi connectivity index (χ0n) is 9.73. The molecule has 1 N–H and O–H groups in total. The van der Waals surface area contributed by atoms with Crippen molar-refractivity contribution >= 4 is 0 Å². The van der Waals surface area contributed by atoms with E-state index in [1.807, 2.05) is 24.3 Å². The first-order valence-corrected chi connectivity index (χ1v) is 5.49. The van der Waals surface area contributed by atoms with Gasteiger partial charge in [-0.15, -0.1) is 0 Å². The zero-order chi connectivity index (χ0) is 11.3. The molecule has 0 heterocycles. The van der Waals surface area contributed by atoms with Gasteiger partial charge < -0.3 is 9.84 Å². The Labute approximate surface area is 91.9 Å². The predicted octanol–water partition coefficient (Wildman–Crippen LogP) is 3.16. The maximum Gasteiger partial charge on any atom is 0.118 e. The molecule has 1 aromatic carbocycles. The highest BCUT2D eigenvalue weighted by Crippen LogP contribution is 2.24. The molecule has 0 saturated heterocycles. The smallest absolute Gasteiger partial charge is 0.118 e. The van der Waals surface area contributed by atoms with Crippen molar-refractivity contribution in [3.05, 3.63) is 29.8 Å². The maximum atomic E-state index is 9.94. The molecule has 15 heavy (non-hydrogen) atoms. The summed E-state index contributed by atoms with van der Waals surface area (Å²) in [5, 5.41) is 9.94. The van der Waals surface area contributed by atoms with Crippen LogP contribution in [0.25, 0.3) is 0 Å². The Kier molecular flexibility index (Phi) is 4.63. The Morgan fingerprint density at radius 3 is 2.33 bits per heavy atom. The Bertz CT molecular complexity index is 279. The van der Waals surface area contributed by atoms with Crippen molar-refractivity contribution in [2.45, 2.75) is 32.8 Å². The van der Waals surface area contributed by atoms with E-state index in [4.69, 9.17) is 4.74 Å². The molecule has 2 heteroatoms. The molecule has 1 rings (SSSR count). The molecule has 0 aliphatic rings. The number of hydrogen-bond acceptors (Lipinski definition) is 2. The van der Waals surface area contributed by atoms with Crippen LogP contribution in [0.4, 0.5) is 0 Å². The van der Waals surface area contributed by atoms with Crippen molar-refractivity contribution in [1.82, 2.24) is 0 Å². The van der Waals surface area contributed by atoms with Crippen molar-refractivity contribution in [3.63, 3.8) is 0 Å². The van der Waals surface area contributed by atoms with E-state index in [0.717, 1.165) is 24.2 Å². The zero-order valence-corrected chi connectivity index (χ0v) is 9.73. The topological polar surface area (TPSA) is 29.5 Å². The van der Waals surface area contributed by atoms with Crippen molar-refractivity contribution in [2.24, 2.45) is 5.92 Å². The summed E-state index contributed by atoms with van der Waals surface area (Å²) in [6.07, 6.45) is 1.57. The number of benzene rings is 1. The lowest BCUT2D eigenvalue weighted by Crippen LogP contribution is -2.03. The van der Waals surface area contributed by atoms with Crippen molar-refractivity contribution in [1.29, 1.82) is 0 Å². The minimum Gasteiger partial charge on any atom is -0.497 e. The highest BCUT2D eigenvalue weighted by molar-refractivity contribution is 5.28. The average molecular weight is 208 g/mol. The van der Waals surface area contributed by atoms with E-state index in [-0.39, 0.29) is 6.10 Å². The van der Waals surface area contributed by atoms with Gasteiger partial charge >= 0.3 is 0 Å².